The highest BCUT2D eigenvalue weighted by atomic mass is 16.5. The van der Waals surface area contributed by atoms with Gasteiger partial charge in [-0.15, -0.1) is 0 Å². The molecule has 0 amide bonds. The van der Waals surface area contributed by atoms with Crippen molar-refractivity contribution in [1.82, 2.24) is 0 Å². The Bertz CT molecular complexity index is 624. The molecular formula is C17H20N2O2. The van der Waals surface area contributed by atoms with Crippen molar-refractivity contribution in [2.45, 2.75) is 44.0 Å². The van der Waals surface area contributed by atoms with Crippen LogP contribution in [0.4, 0.5) is 5.69 Å². The molecule has 1 N–H and O–H groups in total. The molecule has 2 fully saturated rings. The van der Waals surface area contributed by atoms with Crippen LogP contribution in [0.1, 0.15) is 36.5 Å². The minimum absolute atomic E-state index is 0.113. The number of rotatable bonds is 2. The van der Waals surface area contributed by atoms with Crippen LogP contribution in [0.15, 0.2) is 18.2 Å². The molecule has 110 valence electrons. The molecule has 3 aliphatic heterocycles. The number of hydrogen-bond donors (Lipinski definition) is 1. The lowest BCUT2D eigenvalue weighted by atomic mass is 9.69. The van der Waals surface area contributed by atoms with Crippen LogP contribution in [-0.2, 0) is 11.2 Å². The van der Waals surface area contributed by atoms with Gasteiger partial charge in [0.15, 0.2) is 0 Å². The fraction of sp³-hybridized carbons (Fsp3) is 0.588. The summed E-state index contributed by atoms with van der Waals surface area (Å²) in [6.45, 7) is 1.02. The second-order valence-electron chi connectivity index (χ2n) is 6.64. The fourth-order valence-electron chi connectivity index (χ4n) is 4.26. The average molecular weight is 284 g/mol. The average Bonchev–Trinajstić information content (AvgIpc) is 3.21. The molecule has 0 radical (unpaired) electrons. The van der Waals surface area contributed by atoms with Gasteiger partial charge in [-0.2, -0.15) is 5.26 Å². The standard InChI is InChI=1S/C17H20N2O2/c1-19-7-6-11-8-12(2-4-14(11)19)16(20)17(10-18)9-13-3-5-15(17)21-13/h2,4,8,13,15-16,20H,3,5-7,9H2,1H3. The zero-order valence-corrected chi connectivity index (χ0v) is 12.2. The number of anilines is 1. The molecule has 4 rings (SSSR count). The maximum absolute atomic E-state index is 10.9. The first-order valence-electron chi connectivity index (χ1n) is 7.73. The van der Waals surface area contributed by atoms with E-state index in [9.17, 15) is 10.4 Å². The highest BCUT2D eigenvalue weighted by molar-refractivity contribution is 5.58. The summed E-state index contributed by atoms with van der Waals surface area (Å²) in [5.74, 6) is 0. The monoisotopic (exact) mass is 284 g/mol. The normalized spacial score (nSPS) is 34.8. The summed E-state index contributed by atoms with van der Waals surface area (Å²) < 4.78 is 5.84. The van der Waals surface area contributed by atoms with E-state index in [1.54, 1.807) is 0 Å². The van der Waals surface area contributed by atoms with Gasteiger partial charge in [0.25, 0.3) is 0 Å². The Morgan fingerprint density at radius 1 is 1.48 bits per heavy atom. The van der Waals surface area contributed by atoms with Gasteiger partial charge in [0.1, 0.15) is 11.5 Å². The summed E-state index contributed by atoms with van der Waals surface area (Å²) in [6.07, 6.45) is 2.87. The predicted molar refractivity (Wildman–Crippen MR) is 78.9 cm³/mol. The van der Waals surface area contributed by atoms with Crippen LogP contribution in [0.2, 0.25) is 0 Å². The molecule has 1 aromatic carbocycles. The molecule has 0 aromatic heterocycles. The van der Waals surface area contributed by atoms with Gasteiger partial charge in [0.05, 0.1) is 18.3 Å². The van der Waals surface area contributed by atoms with Crippen LogP contribution in [-0.4, -0.2) is 30.9 Å². The van der Waals surface area contributed by atoms with E-state index in [1.165, 1.54) is 11.3 Å². The Kier molecular flexibility index (Phi) is 2.79. The summed E-state index contributed by atoms with van der Waals surface area (Å²) in [6, 6.07) is 8.51. The van der Waals surface area contributed by atoms with E-state index in [0.717, 1.165) is 31.4 Å². The van der Waals surface area contributed by atoms with Gasteiger partial charge >= 0.3 is 0 Å². The highest BCUT2D eigenvalue weighted by Gasteiger charge is 2.57. The lowest BCUT2D eigenvalue weighted by Crippen LogP contribution is -2.37. The Labute approximate surface area is 124 Å². The largest absolute Gasteiger partial charge is 0.387 e. The molecule has 4 unspecified atom stereocenters. The maximum Gasteiger partial charge on any atom is 0.116 e. The van der Waals surface area contributed by atoms with Crippen molar-refractivity contribution in [2.24, 2.45) is 5.41 Å². The number of nitriles is 1. The third-order valence-corrected chi connectivity index (χ3v) is 5.49. The zero-order chi connectivity index (χ0) is 14.6. The van der Waals surface area contributed by atoms with E-state index in [2.05, 4.69) is 30.1 Å². The number of fused-ring (bicyclic) bond motifs is 3. The van der Waals surface area contributed by atoms with Crippen molar-refractivity contribution >= 4 is 5.69 Å². The number of nitrogens with zero attached hydrogens (tertiary/aromatic N) is 2. The molecule has 2 bridgehead atoms. The molecule has 21 heavy (non-hydrogen) atoms. The first-order chi connectivity index (χ1) is 10.1. The summed E-state index contributed by atoms with van der Waals surface area (Å²) >= 11 is 0. The van der Waals surface area contributed by atoms with Crippen LogP contribution in [0.25, 0.3) is 0 Å². The number of benzene rings is 1. The van der Waals surface area contributed by atoms with Crippen LogP contribution < -0.4 is 4.90 Å². The van der Waals surface area contributed by atoms with Gasteiger partial charge in [-0.05, 0) is 42.9 Å². The summed E-state index contributed by atoms with van der Waals surface area (Å²) in [5, 5.41) is 20.6. The zero-order valence-electron chi connectivity index (χ0n) is 12.2. The van der Waals surface area contributed by atoms with Gasteiger partial charge in [0, 0.05) is 19.3 Å². The van der Waals surface area contributed by atoms with Crippen LogP contribution in [0.5, 0.6) is 0 Å². The van der Waals surface area contributed by atoms with E-state index in [4.69, 9.17) is 4.74 Å². The molecule has 3 heterocycles. The Hall–Kier alpha value is -1.57. The van der Waals surface area contributed by atoms with E-state index in [-0.39, 0.29) is 12.2 Å². The molecule has 4 nitrogen and oxygen atoms in total. The molecule has 4 heteroatoms. The molecular weight excluding hydrogens is 264 g/mol. The van der Waals surface area contributed by atoms with E-state index in [1.807, 2.05) is 6.07 Å². The topological polar surface area (TPSA) is 56.5 Å². The third kappa shape index (κ3) is 1.74. The van der Waals surface area contributed by atoms with Gasteiger partial charge in [0.2, 0.25) is 0 Å². The maximum atomic E-state index is 10.9. The van der Waals surface area contributed by atoms with Gasteiger partial charge in [-0.25, -0.2) is 0 Å². The van der Waals surface area contributed by atoms with Crippen molar-refractivity contribution in [3.05, 3.63) is 29.3 Å². The predicted octanol–water partition coefficient (Wildman–Crippen LogP) is 2.17. The highest BCUT2D eigenvalue weighted by Crippen LogP contribution is 2.54. The molecule has 3 aliphatic rings. The second kappa shape index (κ2) is 4.46. The Balaban J connectivity index is 1.69. The van der Waals surface area contributed by atoms with Gasteiger partial charge < -0.3 is 14.7 Å². The number of hydrogen-bond acceptors (Lipinski definition) is 4. The quantitative estimate of drug-likeness (QED) is 0.904. The summed E-state index contributed by atoms with van der Waals surface area (Å²) in [4.78, 5) is 2.23. The first kappa shape index (κ1) is 13.1. The van der Waals surface area contributed by atoms with Gasteiger partial charge in [-0.3, -0.25) is 0 Å². The smallest absolute Gasteiger partial charge is 0.116 e. The Morgan fingerprint density at radius 2 is 2.33 bits per heavy atom. The second-order valence-corrected chi connectivity index (χ2v) is 6.64. The Morgan fingerprint density at radius 3 is 3.00 bits per heavy atom. The van der Waals surface area contributed by atoms with E-state index in [0.29, 0.717) is 6.42 Å². The fourth-order valence-corrected chi connectivity index (χ4v) is 4.26. The van der Waals surface area contributed by atoms with Crippen molar-refractivity contribution < 1.29 is 9.84 Å². The molecule has 1 aromatic rings. The minimum atomic E-state index is -0.762. The molecule has 4 atom stereocenters. The number of likely N-dealkylation sites (N-methyl/N-ethyl adjacent to an activating group) is 1. The van der Waals surface area contributed by atoms with Gasteiger partial charge in [-0.1, -0.05) is 12.1 Å². The van der Waals surface area contributed by atoms with Crippen LogP contribution in [0, 0.1) is 16.7 Å². The molecule has 0 saturated carbocycles. The lowest BCUT2D eigenvalue weighted by Gasteiger charge is -2.33. The van der Waals surface area contributed by atoms with Crippen LogP contribution >= 0.6 is 0 Å². The number of aliphatic hydroxyl groups is 1. The number of aliphatic hydroxyl groups excluding tert-OH is 1. The van der Waals surface area contributed by atoms with Crippen molar-refractivity contribution in [3.63, 3.8) is 0 Å². The van der Waals surface area contributed by atoms with Crippen molar-refractivity contribution in [2.75, 3.05) is 18.5 Å². The van der Waals surface area contributed by atoms with E-state index >= 15 is 0 Å². The van der Waals surface area contributed by atoms with Crippen LogP contribution in [0.3, 0.4) is 0 Å². The molecule has 0 aliphatic carbocycles. The summed E-state index contributed by atoms with van der Waals surface area (Å²) in [7, 11) is 2.09. The summed E-state index contributed by atoms with van der Waals surface area (Å²) in [5.41, 5.74) is 2.61. The van der Waals surface area contributed by atoms with Crippen molar-refractivity contribution in [3.8, 4) is 6.07 Å². The molecule has 2 saturated heterocycles. The minimum Gasteiger partial charge on any atom is -0.387 e. The van der Waals surface area contributed by atoms with Crippen molar-refractivity contribution in [1.29, 1.82) is 5.26 Å². The van der Waals surface area contributed by atoms with E-state index < -0.39 is 11.5 Å². The first-order valence-corrected chi connectivity index (χ1v) is 7.73. The molecule has 0 spiro atoms. The SMILES string of the molecule is CN1CCc2cc(C(O)C3(C#N)CC4CCC3O4)ccc21. The third-order valence-electron chi connectivity index (χ3n) is 5.49. The number of ether oxygens (including phenoxy) is 1. The lowest BCUT2D eigenvalue weighted by molar-refractivity contribution is 0.00340.